The first-order valence-corrected chi connectivity index (χ1v) is 29.2. The van der Waals surface area contributed by atoms with Crippen molar-refractivity contribution in [1.29, 1.82) is 0 Å². The van der Waals surface area contributed by atoms with Crippen LogP contribution in [0.1, 0.15) is 99.0 Å². The average Bonchev–Trinajstić information content (AvgIpc) is 1.62. The van der Waals surface area contributed by atoms with Crippen molar-refractivity contribution in [2.75, 3.05) is 16.0 Å². The molecule has 89 heavy (non-hydrogen) atoms. The van der Waals surface area contributed by atoms with E-state index in [4.69, 9.17) is 11.6 Å². The molecule has 0 spiro atoms. The number of benzene rings is 5. The third kappa shape index (κ3) is 11.3. The molecular formula is C67H63ClN18O3. The number of aromatic nitrogens is 15. The van der Waals surface area contributed by atoms with E-state index in [1.54, 1.807) is 34.2 Å². The highest BCUT2D eigenvalue weighted by molar-refractivity contribution is 6.35. The summed E-state index contributed by atoms with van der Waals surface area (Å²) >= 11 is 6.38. The van der Waals surface area contributed by atoms with Gasteiger partial charge in [0, 0.05) is 34.5 Å². The number of nitrogens with one attached hydrogen (secondary N) is 6. The summed E-state index contributed by atoms with van der Waals surface area (Å²) in [7, 11) is 0. The molecule has 21 nitrogen and oxygen atoms in total. The second kappa shape index (κ2) is 24.4. The van der Waals surface area contributed by atoms with Crippen molar-refractivity contribution >= 4 is 94.9 Å². The van der Waals surface area contributed by atoms with E-state index in [9.17, 15) is 14.4 Å². The number of halogens is 1. The molecule has 446 valence electrons. The van der Waals surface area contributed by atoms with Gasteiger partial charge in [0.05, 0.1) is 58.3 Å². The number of aryl methyl sites for hydroxylation is 3. The van der Waals surface area contributed by atoms with Gasteiger partial charge in [-0.15, -0.1) is 0 Å². The molecule has 15 rings (SSSR count). The molecule has 0 amide bonds. The van der Waals surface area contributed by atoms with Crippen LogP contribution in [0.25, 0.3) is 77.2 Å². The van der Waals surface area contributed by atoms with Crippen LogP contribution >= 0.6 is 11.6 Å². The van der Waals surface area contributed by atoms with Crippen molar-refractivity contribution < 1.29 is 0 Å². The molecule has 9 heterocycles. The lowest BCUT2D eigenvalue weighted by Crippen LogP contribution is -2.26. The lowest BCUT2D eigenvalue weighted by molar-refractivity contribution is 0.636. The fourth-order valence-corrected chi connectivity index (χ4v) is 11.7. The number of anilines is 3. The fourth-order valence-electron chi connectivity index (χ4n) is 11.5. The summed E-state index contributed by atoms with van der Waals surface area (Å²) in [5.41, 5.74) is 11.2. The van der Waals surface area contributed by atoms with Gasteiger partial charge in [0.1, 0.15) is 35.5 Å². The Hall–Kier alpha value is -10.9. The van der Waals surface area contributed by atoms with E-state index in [-0.39, 0.29) is 42.2 Å². The minimum absolute atomic E-state index is 0. The van der Waals surface area contributed by atoms with Crippen LogP contribution in [-0.2, 0) is 0 Å². The molecule has 1 aliphatic carbocycles. The van der Waals surface area contributed by atoms with Crippen molar-refractivity contribution in [3.8, 4) is 11.4 Å². The topological polar surface area (TPSA) is 265 Å². The van der Waals surface area contributed by atoms with Gasteiger partial charge in [-0.25, -0.2) is 44.9 Å². The SMILES string of the molecule is C.C[C@H](Nc1ncnc2nc[nH]c12)c1cc2cccc(Cl)c2c(=O)n1-c1ccccc1.Cc1cccc(-n2c([C@H](C)Nc3ncnc4nc[nH]c34)cc3cccc(C)c3c2=O)c1.Cc1cccc2cc([C@H](C)Nc3ncnc4nc[nH]c34)n(C3CC3)c(=O)c12. The summed E-state index contributed by atoms with van der Waals surface area (Å²) in [6.07, 6.45) is 11.3. The van der Waals surface area contributed by atoms with E-state index in [2.05, 4.69) is 94.8 Å². The van der Waals surface area contributed by atoms with Crippen LogP contribution in [0.2, 0.25) is 5.02 Å². The maximum absolute atomic E-state index is 13.7. The van der Waals surface area contributed by atoms with Crippen molar-refractivity contribution in [2.24, 2.45) is 0 Å². The maximum Gasteiger partial charge on any atom is 0.264 e. The van der Waals surface area contributed by atoms with Crippen molar-refractivity contribution in [3.05, 3.63) is 235 Å². The molecule has 5 aromatic carbocycles. The molecule has 0 saturated heterocycles. The number of H-pyrrole nitrogens is 3. The molecule has 6 N–H and O–H groups in total. The summed E-state index contributed by atoms with van der Waals surface area (Å²) in [6.45, 7) is 12.1. The van der Waals surface area contributed by atoms with Crippen molar-refractivity contribution in [3.63, 3.8) is 0 Å². The molecule has 14 aromatic rings. The van der Waals surface area contributed by atoms with Crippen LogP contribution < -0.4 is 32.6 Å². The number of fused-ring (bicyclic) bond motifs is 6. The van der Waals surface area contributed by atoms with E-state index in [0.29, 0.717) is 56.4 Å². The lowest BCUT2D eigenvalue weighted by atomic mass is 10.0. The highest BCUT2D eigenvalue weighted by Crippen LogP contribution is 2.38. The van der Waals surface area contributed by atoms with Gasteiger partial charge < -0.3 is 35.5 Å². The molecule has 0 unspecified atom stereocenters. The fraction of sp³-hybridized carbons (Fsp3) is 0.194. The molecule has 1 fully saturated rings. The standard InChI is InChI=1S/C24H22N6O.C22H17ClN6O.C20H20N6O.CH4/c1-14-6-4-9-18(10-14)30-19(11-17-8-5-7-15(2)20(17)24(30)31)16(3)29-23-21-22(26-12-25-21)27-13-28-23;1-13(28-21-19-20(25-11-24-19)26-12-27-21)17-10-14-6-5-9-16(23)18(14)22(30)29(17)15-7-3-2-4-8-15;1-11-4-3-5-13-8-15(26(14-6-7-14)20(27)16(11)13)12(2)25-19-17-18(22-9-21-17)23-10-24-19;/h4-13,16H,1-3H3,(H2,25,26,27,28,29);2-13H,1H3,(H2,24,25,26,27,28);3-5,8-10,12,14H,6-7H2,1-2H3,(H2,21,22,23,24,25);1H4/t16-;13-;12-;/m000./s1. The number of imidazole rings is 3. The molecule has 0 bridgehead atoms. The summed E-state index contributed by atoms with van der Waals surface area (Å²) in [4.78, 5) is 87.8. The summed E-state index contributed by atoms with van der Waals surface area (Å²) in [5.74, 6) is 1.94. The van der Waals surface area contributed by atoms with Gasteiger partial charge >= 0.3 is 0 Å². The Kier molecular flexibility index (Phi) is 16.1. The molecule has 9 aromatic heterocycles. The Morgan fingerprint density at radius 3 is 1.37 bits per heavy atom. The number of rotatable bonds is 12. The number of hydrogen-bond donors (Lipinski definition) is 6. The van der Waals surface area contributed by atoms with Crippen LogP contribution in [0, 0.1) is 20.8 Å². The Bertz CT molecular complexity index is 5150. The predicted molar refractivity (Wildman–Crippen MR) is 353 cm³/mol. The number of aromatic amines is 3. The van der Waals surface area contributed by atoms with Gasteiger partial charge in [-0.1, -0.05) is 97.9 Å². The second-order valence-electron chi connectivity index (χ2n) is 21.9. The Balaban J connectivity index is 0.000000129. The van der Waals surface area contributed by atoms with E-state index >= 15 is 0 Å². The van der Waals surface area contributed by atoms with Crippen molar-refractivity contribution in [1.82, 2.24) is 73.5 Å². The van der Waals surface area contributed by atoms with E-state index in [1.165, 1.54) is 19.0 Å². The maximum atomic E-state index is 13.7. The van der Waals surface area contributed by atoms with Gasteiger partial charge in [0.15, 0.2) is 34.4 Å². The molecule has 22 heteroatoms. The minimum Gasteiger partial charge on any atom is -0.360 e. The third-order valence-corrected chi connectivity index (χ3v) is 16.2. The largest absolute Gasteiger partial charge is 0.360 e. The molecule has 1 saturated carbocycles. The highest BCUT2D eigenvalue weighted by atomic mass is 35.5. The van der Waals surface area contributed by atoms with Crippen LogP contribution in [0.15, 0.2) is 180 Å². The predicted octanol–water partition coefficient (Wildman–Crippen LogP) is 13.1. The molecule has 0 aliphatic heterocycles. The first-order chi connectivity index (χ1) is 42.8. The smallest absolute Gasteiger partial charge is 0.264 e. The average molecular weight is 1200 g/mol. The van der Waals surface area contributed by atoms with E-state index in [1.807, 2.05) is 148 Å². The normalized spacial score (nSPS) is 13.1. The molecule has 1 aliphatic rings. The van der Waals surface area contributed by atoms with Gasteiger partial charge in [-0.05, 0) is 136 Å². The molecule has 3 atom stereocenters. The lowest BCUT2D eigenvalue weighted by Gasteiger charge is -2.22. The zero-order valence-corrected chi connectivity index (χ0v) is 49.5. The Morgan fingerprint density at radius 1 is 0.461 bits per heavy atom. The van der Waals surface area contributed by atoms with Gasteiger partial charge in [0.25, 0.3) is 16.7 Å². The first kappa shape index (κ1) is 58.5. The monoisotopic (exact) mass is 1200 g/mol. The van der Waals surface area contributed by atoms with Gasteiger partial charge in [-0.3, -0.25) is 23.5 Å². The van der Waals surface area contributed by atoms with E-state index < -0.39 is 0 Å². The van der Waals surface area contributed by atoms with Crippen LogP contribution in [0.3, 0.4) is 0 Å². The van der Waals surface area contributed by atoms with Crippen LogP contribution in [0.5, 0.6) is 0 Å². The highest BCUT2D eigenvalue weighted by Gasteiger charge is 2.30. The third-order valence-electron chi connectivity index (χ3n) is 15.9. The summed E-state index contributed by atoms with van der Waals surface area (Å²) in [5, 5.41) is 15.4. The molecule has 0 radical (unpaired) electrons. The quantitative estimate of drug-likeness (QED) is 0.0664. The van der Waals surface area contributed by atoms with Gasteiger partial charge in [-0.2, -0.15) is 0 Å². The number of nitrogens with zero attached hydrogens (tertiary/aromatic N) is 12. The van der Waals surface area contributed by atoms with Crippen LogP contribution in [-0.4, -0.2) is 73.5 Å². The van der Waals surface area contributed by atoms with Gasteiger partial charge in [0.2, 0.25) is 0 Å². The zero-order valence-electron chi connectivity index (χ0n) is 48.8. The zero-order chi connectivity index (χ0) is 60.7. The number of hydrogen-bond acceptors (Lipinski definition) is 15. The molecular weight excluding hydrogens is 1140 g/mol. The summed E-state index contributed by atoms with van der Waals surface area (Å²) in [6, 6.07) is 40.9. The second-order valence-corrected chi connectivity index (χ2v) is 22.3. The number of para-hydroxylation sites is 1. The van der Waals surface area contributed by atoms with Crippen LogP contribution in [0.4, 0.5) is 17.5 Å². The minimum atomic E-state index is -0.248. The first-order valence-electron chi connectivity index (χ1n) is 28.8. The Morgan fingerprint density at radius 2 is 0.876 bits per heavy atom. The summed E-state index contributed by atoms with van der Waals surface area (Å²) < 4.78 is 5.46. The number of pyridine rings is 3. The van der Waals surface area contributed by atoms with E-state index in [0.717, 1.165) is 96.0 Å². The Labute approximate surface area is 514 Å². The van der Waals surface area contributed by atoms with Crippen molar-refractivity contribution in [2.45, 2.75) is 86.0 Å².